The number of rotatable bonds is 13. The van der Waals surface area contributed by atoms with Crippen molar-refractivity contribution in [1.29, 1.82) is 0 Å². The summed E-state index contributed by atoms with van der Waals surface area (Å²) in [5.74, 6) is -0.280. The van der Waals surface area contributed by atoms with Gasteiger partial charge in [0.25, 0.3) is 11.8 Å². The van der Waals surface area contributed by atoms with Crippen LogP contribution in [0.1, 0.15) is 52.8 Å². The quantitative estimate of drug-likeness (QED) is 0.109. The zero-order valence-corrected chi connectivity index (χ0v) is 22.7. The lowest BCUT2D eigenvalue weighted by molar-refractivity contribution is -0.133. The molecule has 1 fully saturated rings. The average Bonchev–Trinajstić information content (AvgIpc) is 3.44. The summed E-state index contributed by atoms with van der Waals surface area (Å²) in [5, 5.41) is 8.66. The minimum atomic E-state index is -0.451. The van der Waals surface area contributed by atoms with Crippen molar-refractivity contribution in [2.75, 3.05) is 37.1 Å². The van der Waals surface area contributed by atoms with Gasteiger partial charge in [0.1, 0.15) is 0 Å². The molecule has 2 aromatic rings. The van der Waals surface area contributed by atoms with E-state index in [9.17, 15) is 19.2 Å². The van der Waals surface area contributed by atoms with Crippen LogP contribution in [-0.4, -0.2) is 59.4 Å². The van der Waals surface area contributed by atoms with Crippen molar-refractivity contribution < 1.29 is 19.2 Å². The first kappa shape index (κ1) is 29.2. The number of unbranched alkanes of at least 4 members (excludes halogenated alkanes) is 1. The number of nitrogen functional groups attached to an aromatic ring is 2. The zero-order chi connectivity index (χ0) is 27.3. The molecule has 2 aromatic carbocycles. The molecular formula is C26H34N6O4S2. The van der Waals surface area contributed by atoms with E-state index in [2.05, 4.69) is 16.0 Å². The van der Waals surface area contributed by atoms with Crippen LogP contribution in [0.2, 0.25) is 0 Å². The van der Waals surface area contributed by atoms with E-state index >= 15 is 0 Å². The van der Waals surface area contributed by atoms with Crippen LogP contribution >= 0.6 is 21.6 Å². The van der Waals surface area contributed by atoms with Gasteiger partial charge in [-0.2, -0.15) is 0 Å². The summed E-state index contributed by atoms with van der Waals surface area (Å²) in [4.78, 5) is 51.5. The van der Waals surface area contributed by atoms with E-state index in [4.69, 9.17) is 11.5 Å². The Morgan fingerprint density at radius 1 is 0.816 bits per heavy atom. The molecule has 204 valence electrons. The molecule has 1 atom stereocenters. The highest BCUT2D eigenvalue weighted by molar-refractivity contribution is 8.77. The third-order valence-corrected chi connectivity index (χ3v) is 8.91. The van der Waals surface area contributed by atoms with E-state index < -0.39 is 17.7 Å². The Morgan fingerprint density at radius 3 is 1.87 bits per heavy atom. The fraction of sp³-hybridized carbons (Fsp3) is 0.385. The molecule has 1 heterocycles. The summed E-state index contributed by atoms with van der Waals surface area (Å²) in [6.07, 6.45) is 4.40. The first-order valence-corrected chi connectivity index (χ1v) is 14.8. The molecule has 1 aliphatic heterocycles. The Hall–Kier alpha value is -3.38. The van der Waals surface area contributed by atoms with Crippen LogP contribution in [0.3, 0.4) is 0 Å². The van der Waals surface area contributed by atoms with E-state index in [1.54, 1.807) is 48.5 Å². The Balaban J connectivity index is 1.50. The summed E-state index contributed by atoms with van der Waals surface area (Å²) in [5.41, 5.74) is 13.1. The molecule has 4 amide bonds. The van der Waals surface area contributed by atoms with Crippen molar-refractivity contribution >= 4 is 56.6 Å². The third-order valence-electron chi connectivity index (χ3n) is 5.90. The van der Waals surface area contributed by atoms with Gasteiger partial charge in [-0.25, -0.2) is 0 Å². The van der Waals surface area contributed by atoms with Crippen molar-refractivity contribution in [3.63, 3.8) is 0 Å². The average molecular weight is 559 g/mol. The zero-order valence-electron chi connectivity index (χ0n) is 21.1. The Morgan fingerprint density at radius 2 is 1.37 bits per heavy atom. The maximum atomic E-state index is 12.9. The fourth-order valence-electron chi connectivity index (χ4n) is 3.64. The van der Waals surface area contributed by atoms with Crippen molar-refractivity contribution in [3.05, 3.63) is 59.7 Å². The number of nitrogens with zero attached hydrogens (tertiary/aromatic N) is 1. The number of carbonyl (C=O) groups excluding carboxylic acids is 4. The third kappa shape index (κ3) is 9.82. The molecule has 0 radical (unpaired) electrons. The summed E-state index contributed by atoms with van der Waals surface area (Å²) in [6, 6.07) is 12.7. The smallest absolute Gasteiger partial charge is 0.252 e. The second-order valence-corrected chi connectivity index (χ2v) is 11.6. The highest BCUT2D eigenvalue weighted by Crippen LogP contribution is 2.39. The largest absolute Gasteiger partial charge is 0.399 e. The summed E-state index contributed by atoms with van der Waals surface area (Å²) < 4.78 is 0. The highest BCUT2D eigenvalue weighted by Gasteiger charge is 2.18. The molecule has 0 spiro atoms. The fourth-order valence-corrected chi connectivity index (χ4v) is 6.66. The van der Waals surface area contributed by atoms with Crippen LogP contribution in [0.15, 0.2) is 48.5 Å². The molecule has 38 heavy (non-hydrogen) atoms. The lowest BCUT2D eigenvalue weighted by Gasteiger charge is -2.24. The standard InChI is InChI=1S/C26H34N6O4S2/c27-20-9-5-18(6-10-20)25(35)30-16-32(17-31-26(36)19-7-11-21(28)12-8-19)24(34)15-29-23(33)4-2-1-3-22-13-14-37-38-22/h5-12,22H,1-4,13-17,27-28H2,(H,29,33)(H,30,35)(H,31,36). The number of nitrogens with one attached hydrogen (secondary N) is 3. The number of amides is 4. The van der Waals surface area contributed by atoms with Crippen LogP contribution < -0.4 is 27.4 Å². The maximum absolute atomic E-state index is 12.9. The first-order chi connectivity index (χ1) is 18.3. The molecule has 0 aliphatic carbocycles. The second-order valence-electron chi connectivity index (χ2n) is 8.86. The van der Waals surface area contributed by atoms with Gasteiger partial charge in [-0.05, 0) is 67.8 Å². The van der Waals surface area contributed by atoms with Crippen molar-refractivity contribution in [3.8, 4) is 0 Å². The predicted molar refractivity (Wildman–Crippen MR) is 153 cm³/mol. The number of carbonyl (C=O) groups is 4. The van der Waals surface area contributed by atoms with Gasteiger partial charge in [-0.3, -0.25) is 19.2 Å². The predicted octanol–water partition coefficient (Wildman–Crippen LogP) is 2.58. The normalized spacial score (nSPS) is 14.5. The second kappa shape index (κ2) is 15.1. The van der Waals surface area contributed by atoms with Crippen LogP contribution in [-0.2, 0) is 9.59 Å². The van der Waals surface area contributed by atoms with Crippen molar-refractivity contribution in [2.45, 2.75) is 37.4 Å². The summed E-state index contributed by atoms with van der Waals surface area (Å²) in [7, 11) is 3.83. The van der Waals surface area contributed by atoms with Crippen LogP contribution in [0.25, 0.3) is 0 Å². The van der Waals surface area contributed by atoms with Gasteiger partial charge in [0, 0.05) is 39.9 Å². The number of nitrogens with two attached hydrogens (primary N) is 2. The monoisotopic (exact) mass is 558 g/mol. The van der Waals surface area contributed by atoms with Gasteiger partial charge in [-0.15, -0.1) is 0 Å². The molecule has 7 N–H and O–H groups in total. The molecular weight excluding hydrogens is 524 g/mol. The number of hydrogen-bond donors (Lipinski definition) is 5. The molecule has 3 rings (SSSR count). The maximum Gasteiger partial charge on any atom is 0.252 e. The van der Waals surface area contributed by atoms with Crippen LogP contribution in [0.4, 0.5) is 11.4 Å². The highest BCUT2D eigenvalue weighted by atomic mass is 33.1. The molecule has 0 bridgehead atoms. The Bertz CT molecular complexity index is 1030. The topological polar surface area (TPSA) is 160 Å². The van der Waals surface area contributed by atoms with Gasteiger partial charge >= 0.3 is 0 Å². The molecule has 10 nitrogen and oxygen atoms in total. The van der Waals surface area contributed by atoms with Crippen LogP contribution in [0, 0.1) is 0 Å². The summed E-state index contributed by atoms with van der Waals surface area (Å²) in [6.45, 7) is -0.586. The molecule has 1 aliphatic rings. The lowest BCUT2D eigenvalue weighted by atomic mass is 10.1. The number of anilines is 2. The van der Waals surface area contributed by atoms with E-state index in [-0.39, 0.29) is 25.8 Å². The minimum Gasteiger partial charge on any atom is -0.399 e. The molecule has 0 aromatic heterocycles. The van der Waals surface area contributed by atoms with Crippen LogP contribution in [0.5, 0.6) is 0 Å². The molecule has 1 unspecified atom stereocenters. The van der Waals surface area contributed by atoms with E-state index in [1.807, 2.05) is 21.6 Å². The summed E-state index contributed by atoms with van der Waals surface area (Å²) >= 11 is 0. The minimum absolute atomic E-state index is 0.170. The number of hydrogen-bond acceptors (Lipinski definition) is 8. The van der Waals surface area contributed by atoms with Gasteiger partial charge in [-0.1, -0.05) is 28.0 Å². The SMILES string of the molecule is Nc1ccc(C(=O)NCN(CNC(=O)c2ccc(N)cc2)C(=O)CNC(=O)CCCCC2CCSS2)cc1. The van der Waals surface area contributed by atoms with E-state index in [1.165, 1.54) is 17.1 Å². The molecule has 0 saturated carbocycles. The van der Waals surface area contributed by atoms with Crippen molar-refractivity contribution in [1.82, 2.24) is 20.9 Å². The van der Waals surface area contributed by atoms with Gasteiger partial charge < -0.3 is 32.3 Å². The molecule has 12 heteroatoms. The van der Waals surface area contributed by atoms with E-state index in [0.29, 0.717) is 34.2 Å². The van der Waals surface area contributed by atoms with Gasteiger partial charge in [0.15, 0.2) is 0 Å². The molecule has 1 saturated heterocycles. The van der Waals surface area contributed by atoms with Crippen molar-refractivity contribution in [2.24, 2.45) is 0 Å². The van der Waals surface area contributed by atoms with Gasteiger partial charge in [0.2, 0.25) is 11.8 Å². The van der Waals surface area contributed by atoms with E-state index in [0.717, 1.165) is 19.3 Å². The lowest BCUT2D eigenvalue weighted by Crippen LogP contribution is -2.50. The number of benzene rings is 2. The Labute approximate surface area is 230 Å². The van der Waals surface area contributed by atoms with Gasteiger partial charge in [0.05, 0.1) is 19.9 Å². The first-order valence-electron chi connectivity index (χ1n) is 12.4. The Kier molecular flexibility index (Phi) is 11.6.